The van der Waals surface area contributed by atoms with E-state index in [9.17, 15) is 4.79 Å². The van der Waals surface area contributed by atoms with Gasteiger partial charge in [-0.15, -0.1) is 0 Å². The molecule has 0 fully saturated rings. The van der Waals surface area contributed by atoms with Crippen LogP contribution >= 0.6 is 0 Å². The summed E-state index contributed by atoms with van der Waals surface area (Å²) in [5, 5.41) is 5.52. The van der Waals surface area contributed by atoms with Gasteiger partial charge in [-0.05, 0) is 18.1 Å². The molecule has 2 rings (SSSR count). The normalized spacial score (nSPS) is 12.6. The highest BCUT2D eigenvalue weighted by Gasteiger charge is 2.13. The summed E-state index contributed by atoms with van der Waals surface area (Å²) in [6, 6.07) is 5.10. The predicted octanol–water partition coefficient (Wildman–Crippen LogP) is 2.19. The number of carbonyl (C=O) groups excluding carboxylic acids is 1. The standard InChI is InChI=1S/C12H16N2O3/c1-8(2)6-13-12(15)14-9-3-4-10-11(5-9)17-7-16-10/h3-5,8H,6-7H2,1-2H3,(H2,13,14,15). The molecule has 0 aliphatic carbocycles. The maximum Gasteiger partial charge on any atom is 0.319 e. The van der Waals surface area contributed by atoms with Gasteiger partial charge in [0, 0.05) is 18.3 Å². The van der Waals surface area contributed by atoms with Gasteiger partial charge >= 0.3 is 6.03 Å². The van der Waals surface area contributed by atoms with Crippen molar-refractivity contribution in [2.45, 2.75) is 13.8 Å². The Balaban J connectivity index is 1.92. The van der Waals surface area contributed by atoms with Gasteiger partial charge in [-0.2, -0.15) is 0 Å². The van der Waals surface area contributed by atoms with E-state index in [-0.39, 0.29) is 12.8 Å². The molecule has 92 valence electrons. The minimum atomic E-state index is -0.211. The van der Waals surface area contributed by atoms with E-state index in [4.69, 9.17) is 9.47 Å². The van der Waals surface area contributed by atoms with Crippen LogP contribution in [0.2, 0.25) is 0 Å². The smallest absolute Gasteiger partial charge is 0.319 e. The number of nitrogens with one attached hydrogen (secondary N) is 2. The third-order valence-corrected chi connectivity index (χ3v) is 2.30. The zero-order valence-electron chi connectivity index (χ0n) is 9.95. The van der Waals surface area contributed by atoms with Gasteiger partial charge in [0.05, 0.1) is 0 Å². The number of hydrogen-bond donors (Lipinski definition) is 2. The van der Waals surface area contributed by atoms with Crippen LogP contribution in [-0.2, 0) is 0 Å². The van der Waals surface area contributed by atoms with E-state index in [2.05, 4.69) is 10.6 Å². The molecule has 5 nitrogen and oxygen atoms in total. The third kappa shape index (κ3) is 3.03. The lowest BCUT2D eigenvalue weighted by Gasteiger charge is -2.09. The van der Waals surface area contributed by atoms with Gasteiger partial charge in [0.15, 0.2) is 11.5 Å². The summed E-state index contributed by atoms with van der Waals surface area (Å²) in [5.41, 5.74) is 0.690. The van der Waals surface area contributed by atoms with E-state index >= 15 is 0 Å². The first-order valence-electron chi connectivity index (χ1n) is 5.59. The Kier molecular flexibility index (Phi) is 3.37. The fourth-order valence-electron chi connectivity index (χ4n) is 1.45. The molecule has 17 heavy (non-hydrogen) atoms. The van der Waals surface area contributed by atoms with Crippen LogP contribution in [0.4, 0.5) is 10.5 Å². The van der Waals surface area contributed by atoms with Gasteiger partial charge in [-0.3, -0.25) is 0 Å². The van der Waals surface area contributed by atoms with Gasteiger partial charge in [-0.25, -0.2) is 4.79 Å². The lowest BCUT2D eigenvalue weighted by molar-refractivity contribution is 0.174. The number of anilines is 1. The van der Waals surface area contributed by atoms with Crippen LogP contribution < -0.4 is 20.1 Å². The highest BCUT2D eigenvalue weighted by atomic mass is 16.7. The Morgan fingerprint density at radius 1 is 1.35 bits per heavy atom. The quantitative estimate of drug-likeness (QED) is 0.845. The summed E-state index contributed by atoms with van der Waals surface area (Å²) in [4.78, 5) is 11.5. The fourth-order valence-corrected chi connectivity index (χ4v) is 1.45. The Labute approximate surface area is 100 Å². The summed E-state index contributed by atoms with van der Waals surface area (Å²) in [7, 11) is 0. The summed E-state index contributed by atoms with van der Waals surface area (Å²) in [5.74, 6) is 1.79. The summed E-state index contributed by atoms with van der Waals surface area (Å²) >= 11 is 0. The molecule has 0 spiro atoms. The van der Waals surface area contributed by atoms with Crippen molar-refractivity contribution >= 4 is 11.7 Å². The molecular formula is C12H16N2O3. The lowest BCUT2D eigenvalue weighted by atomic mass is 10.2. The van der Waals surface area contributed by atoms with Crippen LogP contribution in [0.25, 0.3) is 0 Å². The zero-order valence-corrected chi connectivity index (χ0v) is 9.95. The predicted molar refractivity (Wildman–Crippen MR) is 64.4 cm³/mol. The van der Waals surface area contributed by atoms with E-state index in [1.54, 1.807) is 18.2 Å². The maximum absolute atomic E-state index is 11.5. The number of benzene rings is 1. The molecule has 0 aromatic heterocycles. The fraction of sp³-hybridized carbons (Fsp3) is 0.417. The average Bonchev–Trinajstić information content (AvgIpc) is 2.73. The van der Waals surface area contributed by atoms with Gasteiger partial charge in [0.25, 0.3) is 0 Å². The van der Waals surface area contributed by atoms with Crippen LogP contribution in [0.15, 0.2) is 18.2 Å². The first-order valence-corrected chi connectivity index (χ1v) is 5.59. The molecule has 1 aliphatic rings. The SMILES string of the molecule is CC(C)CNC(=O)Nc1ccc2c(c1)OCO2. The first kappa shape index (κ1) is 11.6. The average molecular weight is 236 g/mol. The molecule has 2 N–H and O–H groups in total. The van der Waals surface area contributed by atoms with Crippen molar-refractivity contribution in [3.8, 4) is 11.5 Å². The van der Waals surface area contributed by atoms with Crippen LogP contribution in [-0.4, -0.2) is 19.4 Å². The number of amides is 2. The van der Waals surface area contributed by atoms with E-state index < -0.39 is 0 Å². The topological polar surface area (TPSA) is 59.6 Å². The monoisotopic (exact) mass is 236 g/mol. The molecule has 1 aliphatic heterocycles. The highest BCUT2D eigenvalue weighted by Crippen LogP contribution is 2.34. The molecule has 0 unspecified atom stereocenters. The zero-order chi connectivity index (χ0) is 12.3. The van der Waals surface area contributed by atoms with Gasteiger partial charge < -0.3 is 20.1 Å². The highest BCUT2D eigenvalue weighted by molar-refractivity contribution is 5.89. The molecule has 0 bridgehead atoms. The Morgan fingerprint density at radius 2 is 2.12 bits per heavy atom. The van der Waals surface area contributed by atoms with Crippen molar-refractivity contribution < 1.29 is 14.3 Å². The molecule has 2 amide bonds. The number of hydrogen-bond acceptors (Lipinski definition) is 3. The van der Waals surface area contributed by atoms with Crippen molar-refractivity contribution in [3.63, 3.8) is 0 Å². The number of fused-ring (bicyclic) bond motifs is 1. The Morgan fingerprint density at radius 3 is 2.88 bits per heavy atom. The second kappa shape index (κ2) is 4.95. The first-order chi connectivity index (χ1) is 8.15. The van der Waals surface area contributed by atoms with Gasteiger partial charge in [-0.1, -0.05) is 13.8 Å². The van der Waals surface area contributed by atoms with Gasteiger partial charge in [0.1, 0.15) is 0 Å². The van der Waals surface area contributed by atoms with Crippen molar-refractivity contribution in [1.29, 1.82) is 0 Å². The molecule has 0 atom stereocenters. The Bertz CT molecular complexity index is 418. The molecule has 1 heterocycles. The third-order valence-electron chi connectivity index (χ3n) is 2.30. The van der Waals surface area contributed by atoms with E-state index in [1.807, 2.05) is 13.8 Å². The second-order valence-electron chi connectivity index (χ2n) is 4.30. The van der Waals surface area contributed by atoms with Crippen molar-refractivity contribution in [2.24, 2.45) is 5.92 Å². The summed E-state index contributed by atoms with van der Waals surface area (Å²) in [6.45, 7) is 4.97. The molecule has 0 saturated heterocycles. The molecular weight excluding hydrogens is 220 g/mol. The molecule has 0 saturated carbocycles. The van der Waals surface area contributed by atoms with Crippen LogP contribution in [0.3, 0.4) is 0 Å². The molecule has 1 aromatic carbocycles. The van der Waals surface area contributed by atoms with Gasteiger partial charge in [0.2, 0.25) is 6.79 Å². The summed E-state index contributed by atoms with van der Waals surface area (Å²) in [6.07, 6.45) is 0. The minimum Gasteiger partial charge on any atom is -0.454 e. The van der Waals surface area contributed by atoms with E-state index in [0.717, 1.165) is 0 Å². The van der Waals surface area contributed by atoms with Crippen LogP contribution in [0.1, 0.15) is 13.8 Å². The van der Waals surface area contributed by atoms with Crippen molar-refractivity contribution in [2.75, 3.05) is 18.7 Å². The van der Waals surface area contributed by atoms with Crippen LogP contribution in [0.5, 0.6) is 11.5 Å². The molecule has 1 aromatic rings. The summed E-state index contributed by atoms with van der Waals surface area (Å²) < 4.78 is 10.4. The largest absolute Gasteiger partial charge is 0.454 e. The lowest BCUT2D eigenvalue weighted by Crippen LogP contribution is -2.31. The second-order valence-corrected chi connectivity index (χ2v) is 4.30. The Hall–Kier alpha value is -1.91. The number of urea groups is 1. The number of ether oxygens (including phenoxy) is 2. The maximum atomic E-state index is 11.5. The number of carbonyl (C=O) groups is 1. The molecule has 5 heteroatoms. The van der Waals surface area contributed by atoms with Crippen LogP contribution in [0, 0.1) is 5.92 Å². The van der Waals surface area contributed by atoms with Crippen molar-refractivity contribution in [1.82, 2.24) is 5.32 Å². The van der Waals surface area contributed by atoms with Crippen molar-refractivity contribution in [3.05, 3.63) is 18.2 Å². The van der Waals surface area contributed by atoms with E-state index in [0.29, 0.717) is 29.6 Å². The molecule has 0 radical (unpaired) electrons. The minimum absolute atomic E-state index is 0.211. The number of rotatable bonds is 3. The van der Waals surface area contributed by atoms with E-state index in [1.165, 1.54) is 0 Å².